The van der Waals surface area contributed by atoms with Gasteiger partial charge in [0.25, 0.3) is 0 Å². The lowest BCUT2D eigenvalue weighted by Gasteiger charge is -2.08. The maximum Gasteiger partial charge on any atom is 0.240 e. The largest absolute Gasteiger partial charge is 0.330 e. The minimum atomic E-state index is -3.43. The van der Waals surface area contributed by atoms with Crippen molar-refractivity contribution in [3.8, 4) is 11.1 Å². The first-order valence-corrected chi connectivity index (χ1v) is 8.97. The van der Waals surface area contributed by atoms with Crippen LogP contribution in [0.4, 0.5) is 0 Å². The summed E-state index contributed by atoms with van der Waals surface area (Å²) in [5.74, 6) is 0. The van der Waals surface area contributed by atoms with Crippen LogP contribution in [0.25, 0.3) is 11.1 Å². The lowest BCUT2D eigenvalue weighted by atomic mass is 10.1. The zero-order chi connectivity index (χ0) is 15.8. The zero-order valence-electron chi connectivity index (χ0n) is 12.5. The van der Waals surface area contributed by atoms with Crippen molar-refractivity contribution in [2.24, 2.45) is 5.73 Å². The molecule has 118 valence electrons. The third-order valence-corrected chi connectivity index (χ3v) is 4.92. The Morgan fingerprint density at radius 3 is 2.09 bits per heavy atom. The molecule has 3 N–H and O–H groups in total. The summed E-state index contributed by atoms with van der Waals surface area (Å²) in [5.41, 5.74) is 7.48. The summed E-state index contributed by atoms with van der Waals surface area (Å²) >= 11 is 0. The quantitative estimate of drug-likeness (QED) is 0.735. The number of nitrogens with two attached hydrogens (primary N) is 1. The second-order valence-electron chi connectivity index (χ2n) is 5.14. The topological polar surface area (TPSA) is 72.2 Å². The van der Waals surface area contributed by atoms with Crippen LogP contribution < -0.4 is 10.5 Å². The van der Waals surface area contributed by atoms with E-state index in [4.69, 9.17) is 5.73 Å². The van der Waals surface area contributed by atoms with E-state index in [0.717, 1.165) is 30.4 Å². The average molecular weight is 318 g/mol. The van der Waals surface area contributed by atoms with E-state index in [-0.39, 0.29) is 0 Å². The third kappa shape index (κ3) is 4.66. The highest BCUT2D eigenvalue weighted by atomic mass is 32.2. The summed E-state index contributed by atoms with van der Waals surface area (Å²) in [4.78, 5) is 0.297. The number of benzene rings is 2. The molecule has 0 saturated heterocycles. The minimum Gasteiger partial charge on any atom is -0.330 e. The van der Waals surface area contributed by atoms with Crippen LogP contribution in [0.1, 0.15) is 19.3 Å². The SMILES string of the molecule is NCCCCCNS(=O)(=O)c1ccc(-c2ccccc2)cc1. The molecule has 2 rings (SSSR count). The molecule has 0 aliphatic rings. The number of hydrogen-bond donors (Lipinski definition) is 2. The van der Waals surface area contributed by atoms with Gasteiger partial charge in [-0.15, -0.1) is 0 Å². The fraction of sp³-hybridized carbons (Fsp3) is 0.294. The number of nitrogens with one attached hydrogen (secondary N) is 1. The molecule has 0 fully saturated rings. The van der Waals surface area contributed by atoms with Gasteiger partial charge in [-0.05, 0) is 42.6 Å². The molecule has 0 atom stereocenters. The van der Waals surface area contributed by atoms with E-state index in [9.17, 15) is 8.42 Å². The van der Waals surface area contributed by atoms with Gasteiger partial charge in [0.1, 0.15) is 0 Å². The highest BCUT2D eigenvalue weighted by Crippen LogP contribution is 2.20. The summed E-state index contributed by atoms with van der Waals surface area (Å²) in [6.45, 7) is 1.09. The lowest BCUT2D eigenvalue weighted by Crippen LogP contribution is -2.24. The van der Waals surface area contributed by atoms with Crippen molar-refractivity contribution in [2.45, 2.75) is 24.2 Å². The lowest BCUT2D eigenvalue weighted by molar-refractivity contribution is 0.575. The van der Waals surface area contributed by atoms with Gasteiger partial charge >= 0.3 is 0 Å². The smallest absolute Gasteiger partial charge is 0.240 e. The van der Waals surface area contributed by atoms with Crippen molar-refractivity contribution in [3.63, 3.8) is 0 Å². The first-order valence-electron chi connectivity index (χ1n) is 7.49. The normalized spacial score (nSPS) is 11.5. The number of unbranched alkanes of at least 4 members (excludes halogenated alkanes) is 2. The standard InChI is InChI=1S/C17H22N2O2S/c18-13-5-2-6-14-19-22(20,21)17-11-9-16(10-12-17)15-7-3-1-4-8-15/h1,3-4,7-12,19H,2,5-6,13-14,18H2. The Kier molecular flexibility index (Phi) is 6.12. The molecule has 0 bridgehead atoms. The second-order valence-corrected chi connectivity index (χ2v) is 6.90. The average Bonchev–Trinajstić information content (AvgIpc) is 2.55. The Bertz CT molecular complexity index is 668. The van der Waals surface area contributed by atoms with Gasteiger partial charge in [-0.3, -0.25) is 0 Å². The monoisotopic (exact) mass is 318 g/mol. The maximum atomic E-state index is 12.2. The van der Waals surface area contributed by atoms with Crippen molar-refractivity contribution in [3.05, 3.63) is 54.6 Å². The summed E-state index contributed by atoms with van der Waals surface area (Å²) < 4.78 is 27.0. The Morgan fingerprint density at radius 1 is 0.818 bits per heavy atom. The van der Waals surface area contributed by atoms with Crippen LogP contribution >= 0.6 is 0 Å². The Labute approximate surface area is 132 Å². The predicted octanol–water partition coefficient (Wildman–Crippen LogP) is 2.76. The van der Waals surface area contributed by atoms with Gasteiger partial charge in [0.15, 0.2) is 0 Å². The molecule has 0 amide bonds. The fourth-order valence-electron chi connectivity index (χ4n) is 2.19. The van der Waals surface area contributed by atoms with Crippen LogP contribution in [0.3, 0.4) is 0 Å². The van der Waals surface area contributed by atoms with E-state index in [1.165, 1.54) is 0 Å². The second kappa shape index (κ2) is 8.08. The molecule has 2 aromatic rings. The number of hydrogen-bond acceptors (Lipinski definition) is 3. The van der Waals surface area contributed by atoms with Crippen LogP contribution in [0.2, 0.25) is 0 Å². The van der Waals surface area contributed by atoms with Crippen molar-refractivity contribution in [2.75, 3.05) is 13.1 Å². The first-order chi connectivity index (χ1) is 10.6. The summed E-state index contributed by atoms with van der Waals surface area (Å²) in [7, 11) is -3.43. The molecule has 0 aliphatic heterocycles. The molecule has 0 saturated carbocycles. The molecule has 0 aromatic heterocycles. The Balaban J connectivity index is 2.00. The minimum absolute atomic E-state index is 0.297. The molecule has 0 aliphatic carbocycles. The van der Waals surface area contributed by atoms with Gasteiger partial charge in [-0.25, -0.2) is 13.1 Å². The summed E-state index contributed by atoms with van der Waals surface area (Å²) in [5, 5.41) is 0. The van der Waals surface area contributed by atoms with E-state index in [2.05, 4.69) is 4.72 Å². The Morgan fingerprint density at radius 2 is 1.45 bits per heavy atom. The summed E-state index contributed by atoms with van der Waals surface area (Å²) in [6, 6.07) is 16.8. The van der Waals surface area contributed by atoms with Crippen LogP contribution in [-0.2, 0) is 10.0 Å². The Hall–Kier alpha value is -1.69. The molecule has 5 heteroatoms. The van der Waals surface area contributed by atoms with Crippen molar-refractivity contribution >= 4 is 10.0 Å². The van der Waals surface area contributed by atoms with Crippen molar-refractivity contribution in [1.29, 1.82) is 0 Å². The van der Waals surface area contributed by atoms with Gasteiger partial charge < -0.3 is 5.73 Å². The van der Waals surface area contributed by atoms with E-state index >= 15 is 0 Å². The van der Waals surface area contributed by atoms with Gasteiger partial charge in [-0.1, -0.05) is 48.9 Å². The van der Waals surface area contributed by atoms with Gasteiger partial charge in [0.05, 0.1) is 4.90 Å². The highest BCUT2D eigenvalue weighted by molar-refractivity contribution is 7.89. The number of rotatable bonds is 8. The highest BCUT2D eigenvalue weighted by Gasteiger charge is 2.12. The molecule has 0 unspecified atom stereocenters. The zero-order valence-corrected chi connectivity index (χ0v) is 13.4. The van der Waals surface area contributed by atoms with E-state index in [1.807, 2.05) is 42.5 Å². The van der Waals surface area contributed by atoms with E-state index in [0.29, 0.717) is 18.0 Å². The van der Waals surface area contributed by atoms with E-state index < -0.39 is 10.0 Å². The third-order valence-electron chi connectivity index (χ3n) is 3.44. The summed E-state index contributed by atoms with van der Waals surface area (Å²) in [6.07, 6.45) is 2.66. The molecule has 0 radical (unpaired) electrons. The molecule has 22 heavy (non-hydrogen) atoms. The van der Waals surface area contributed by atoms with Gasteiger partial charge in [0.2, 0.25) is 10.0 Å². The van der Waals surface area contributed by atoms with Crippen LogP contribution in [0, 0.1) is 0 Å². The maximum absolute atomic E-state index is 12.2. The van der Waals surface area contributed by atoms with Crippen molar-refractivity contribution < 1.29 is 8.42 Å². The predicted molar refractivity (Wildman–Crippen MR) is 90.0 cm³/mol. The number of sulfonamides is 1. The van der Waals surface area contributed by atoms with Gasteiger partial charge in [0, 0.05) is 6.54 Å². The van der Waals surface area contributed by atoms with Crippen molar-refractivity contribution in [1.82, 2.24) is 4.72 Å². The molecular formula is C17H22N2O2S. The van der Waals surface area contributed by atoms with Crippen LogP contribution in [-0.4, -0.2) is 21.5 Å². The van der Waals surface area contributed by atoms with Gasteiger partial charge in [-0.2, -0.15) is 0 Å². The molecular weight excluding hydrogens is 296 g/mol. The van der Waals surface area contributed by atoms with Crippen LogP contribution in [0.15, 0.2) is 59.5 Å². The molecule has 0 spiro atoms. The first kappa shape index (κ1) is 16.7. The fourth-order valence-corrected chi connectivity index (χ4v) is 3.27. The van der Waals surface area contributed by atoms with E-state index in [1.54, 1.807) is 12.1 Å². The van der Waals surface area contributed by atoms with Crippen LogP contribution in [0.5, 0.6) is 0 Å². The molecule has 4 nitrogen and oxygen atoms in total. The molecule has 0 heterocycles. The molecule has 2 aromatic carbocycles.